The molecule has 4 heterocycles. The minimum Gasteiger partial charge on any atom is -0.444 e. The minimum absolute atomic E-state index is 0.111. The van der Waals surface area contributed by atoms with Crippen LogP contribution in [0.5, 0.6) is 11.8 Å². The molecule has 1 aliphatic rings. The second kappa shape index (κ2) is 11.0. The molecule has 2 atom stereocenters. The average molecular weight is 607 g/mol. The molecule has 2 unspecified atom stereocenters. The third-order valence-corrected chi connectivity index (χ3v) is 7.57. The normalized spacial score (nSPS) is 17.4. The van der Waals surface area contributed by atoms with Crippen LogP contribution in [0.3, 0.4) is 0 Å². The van der Waals surface area contributed by atoms with E-state index in [2.05, 4.69) is 19.9 Å². The molecule has 6 rings (SSSR count). The van der Waals surface area contributed by atoms with E-state index >= 15 is 8.78 Å². The third kappa shape index (κ3) is 5.69. The number of imidazole rings is 1. The SMILES string of the molecule is Cc1nc2cnc3cc(F)c(-c4ccc(Oc5ncccn5)cc4Cl)cc3c2n1C1CCN(C(=O)OC(C)(C)C)CC1F. The van der Waals surface area contributed by atoms with Gasteiger partial charge in [-0.2, -0.15) is 0 Å². The van der Waals surface area contributed by atoms with Crippen molar-refractivity contribution in [2.45, 2.75) is 51.9 Å². The first kappa shape index (κ1) is 28.7. The zero-order valence-corrected chi connectivity index (χ0v) is 24.8. The number of alkyl halides is 1. The summed E-state index contributed by atoms with van der Waals surface area (Å²) in [5.74, 6) is 0.472. The molecular weight excluding hydrogens is 578 g/mol. The highest BCUT2D eigenvalue weighted by molar-refractivity contribution is 6.33. The Balaban J connectivity index is 1.37. The number of pyridine rings is 1. The summed E-state index contributed by atoms with van der Waals surface area (Å²) in [5.41, 5.74) is 1.60. The molecule has 0 N–H and O–H groups in total. The zero-order valence-electron chi connectivity index (χ0n) is 24.0. The maximum absolute atomic E-state index is 15.8. The molecule has 222 valence electrons. The van der Waals surface area contributed by atoms with Crippen molar-refractivity contribution in [1.82, 2.24) is 29.4 Å². The Morgan fingerprint density at radius 3 is 2.53 bits per heavy atom. The number of carbonyl (C=O) groups is 1. The molecule has 1 fully saturated rings. The van der Waals surface area contributed by atoms with E-state index in [1.807, 2.05) is 4.57 Å². The minimum atomic E-state index is -1.38. The number of hydrogen-bond acceptors (Lipinski definition) is 7. The van der Waals surface area contributed by atoms with Gasteiger partial charge in [-0.1, -0.05) is 11.6 Å². The molecule has 5 aromatic rings. The maximum atomic E-state index is 15.8. The van der Waals surface area contributed by atoms with Gasteiger partial charge in [0.05, 0.1) is 34.8 Å². The van der Waals surface area contributed by atoms with Crippen LogP contribution in [0.1, 0.15) is 39.1 Å². The Hall–Kier alpha value is -4.38. The second-order valence-corrected chi connectivity index (χ2v) is 11.9. The molecule has 0 radical (unpaired) electrons. The van der Waals surface area contributed by atoms with Crippen LogP contribution in [0.25, 0.3) is 33.1 Å². The van der Waals surface area contributed by atoms with Gasteiger partial charge in [0.1, 0.15) is 34.7 Å². The smallest absolute Gasteiger partial charge is 0.410 e. The Labute approximate surface area is 251 Å². The molecule has 1 saturated heterocycles. The van der Waals surface area contributed by atoms with Crippen molar-refractivity contribution in [1.29, 1.82) is 0 Å². The number of ether oxygens (including phenoxy) is 2. The molecule has 0 saturated carbocycles. The first-order chi connectivity index (χ1) is 20.5. The first-order valence-electron chi connectivity index (χ1n) is 13.8. The van der Waals surface area contributed by atoms with E-state index in [0.717, 1.165) is 0 Å². The van der Waals surface area contributed by atoms with E-state index in [4.69, 9.17) is 21.1 Å². The predicted octanol–water partition coefficient (Wildman–Crippen LogP) is 7.45. The lowest BCUT2D eigenvalue weighted by atomic mass is 10.00. The number of aryl methyl sites for hydroxylation is 1. The summed E-state index contributed by atoms with van der Waals surface area (Å²) in [7, 11) is 0. The van der Waals surface area contributed by atoms with Gasteiger partial charge in [-0.05, 0) is 58.4 Å². The van der Waals surface area contributed by atoms with Crippen molar-refractivity contribution in [3.8, 4) is 22.9 Å². The lowest BCUT2D eigenvalue weighted by molar-refractivity contribution is 0.00693. The molecule has 12 heteroatoms. The second-order valence-electron chi connectivity index (χ2n) is 11.4. The number of aromatic nitrogens is 5. The molecule has 0 bridgehead atoms. The molecule has 2 aromatic carbocycles. The number of nitrogens with zero attached hydrogens (tertiary/aromatic N) is 6. The van der Waals surface area contributed by atoms with E-state index in [0.29, 0.717) is 52.0 Å². The number of piperidine rings is 1. The molecule has 9 nitrogen and oxygen atoms in total. The van der Waals surface area contributed by atoms with Crippen molar-refractivity contribution >= 4 is 39.6 Å². The fourth-order valence-corrected chi connectivity index (χ4v) is 5.70. The number of hydrogen-bond donors (Lipinski definition) is 0. The topological polar surface area (TPSA) is 95.3 Å². The summed E-state index contributed by atoms with van der Waals surface area (Å²) >= 11 is 6.61. The third-order valence-electron chi connectivity index (χ3n) is 7.25. The standard InChI is InChI=1S/C31H29ClF2N6O3/c1-17-38-26-15-37-25-14-23(33)20(19-7-6-18(12-22(19)32)42-29-35-9-5-10-36-29)13-21(25)28(26)40(17)27-8-11-39(16-24(27)34)30(41)43-31(2,3)4/h5-7,9-10,12-15,24,27H,8,11,16H2,1-4H3. The molecule has 1 amide bonds. The quantitative estimate of drug-likeness (QED) is 0.210. The Morgan fingerprint density at radius 2 is 1.84 bits per heavy atom. The highest BCUT2D eigenvalue weighted by atomic mass is 35.5. The van der Waals surface area contributed by atoms with Crippen molar-refractivity contribution in [2.75, 3.05) is 13.1 Å². The predicted molar refractivity (Wildman–Crippen MR) is 159 cm³/mol. The van der Waals surface area contributed by atoms with Gasteiger partial charge in [-0.25, -0.2) is 28.5 Å². The van der Waals surface area contributed by atoms with Crippen LogP contribution in [0.4, 0.5) is 13.6 Å². The summed E-state index contributed by atoms with van der Waals surface area (Å²) < 4.78 is 44.3. The Bertz CT molecular complexity index is 1840. The summed E-state index contributed by atoms with van der Waals surface area (Å²) in [6.07, 6.45) is 3.10. The number of amides is 1. The molecule has 43 heavy (non-hydrogen) atoms. The number of rotatable bonds is 4. The number of likely N-dealkylation sites (tertiary alicyclic amines) is 1. The van der Waals surface area contributed by atoms with E-state index in [1.54, 1.807) is 76.6 Å². The van der Waals surface area contributed by atoms with Crippen molar-refractivity contribution in [3.05, 3.63) is 71.7 Å². The molecular formula is C31H29ClF2N6O3. The monoisotopic (exact) mass is 606 g/mol. The highest BCUT2D eigenvalue weighted by Gasteiger charge is 2.36. The molecule has 1 aliphatic heterocycles. The van der Waals surface area contributed by atoms with Crippen LogP contribution in [0.15, 0.2) is 55.0 Å². The number of benzene rings is 2. The van der Waals surface area contributed by atoms with Gasteiger partial charge in [0, 0.05) is 47.6 Å². The van der Waals surface area contributed by atoms with Crippen LogP contribution >= 0.6 is 11.6 Å². The fourth-order valence-electron chi connectivity index (χ4n) is 5.42. The zero-order chi connectivity index (χ0) is 30.5. The van der Waals surface area contributed by atoms with Crippen LogP contribution < -0.4 is 4.74 Å². The summed E-state index contributed by atoms with van der Waals surface area (Å²) in [5, 5.41) is 0.861. The first-order valence-corrected chi connectivity index (χ1v) is 14.2. The summed E-state index contributed by atoms with van der Waals surface area (Å²) in [4.78, 5) is 31.2. The molecule has 3 aromatic heterocycles. The van der Waals surface area contributed by atoms with E-state index < -0.39 is 29.7 Å². The van der Waals surface area contributed by atoms with Gasteiger partial charge in [0.2, 0.25) is 0 Å². The summed E-state index contributed by atoms with van der Waals surface area (Å²) in [6.45, 7) is 7.33. The van der Waals surface area contributed by atoms with Crippen molar-refractivity contribution in [2.24, 2.45) is 0 Å². The highest BCUT2D eigenvalue weighted by Crippen LogP contribution is 2.39. The Morgan fingerprint density at radius 1 is 1.07 bits per heavy atom. The van der Waals surface area contributed by atoms with E-state index in [9.17, 15) is 4.79 Å². The van der Waals surface area contributed by atoms with Gasteiger partial charge in [0.15, 0.2) is 0 Å². The van der Waals surface area contributed by atoms with Crippen LogP contribution in [-0.4, -0.2) is 60.4 Å². The summed E-state index contributed by atoms with van der Waals surface area (Å²) in [6, 6.07) is 9.12. The van der Waals surface area contributed by atoms with Gasteiger partial charge in [-0.3, -0.25) is 4.98 Å². The van der Waals surface area contributed by atoms with Gasteiger partial charge in [-0.15, -0.1) is 0 Å². The van der Waals surface area contributed by atoms with Gasteiger partial charge in [0.25, 0.3) is 0 Å². The number of carbonyl (C=O) groups excluding carboxylic acids is 1. The van der Waals surface area contributed by atoms with Crippen molar-refractivity contribution in [3.63, 3.8) is 0 Å². The molecule has 0 spiro atoms. The van der Waals surface area contributed by atoms with E-state index in [-0.39, 0.29) is 23.1 Å². The fraction of sp³-hybridized carbons (Fsp3) is 0.323. The van der Waals surface area contributed by atoms with Crippen molar-refractivity contribution < 1.29 is 23.0 Å². The number of fused-ring (bicyclic) bond motifs is 3. The maximum Gasteiger partial charge on any atom is 0.410 e. The van der Waals surface area contributed by atoms with Crippen LogP contribution in [0.2, 0.25) is 5.02 Å². The largest absolute Gasteiger partial charge is 0.444 e. The van der Waals surface area contributed by atoms with Crippen LogP contribution in [0, 0.1) is 12.7 Å². The lowest BCUT2D eigenvalue weighted by Gasteiger charge is -2.36. The molecule has 0 aliphatic carbocycles. The van der Waals surface area contributed by atoms with Crippen LogP contribution in [-0.2, 0) is 4.74 Å². The van der Waals surface area contributed by atoms with E-state index in [1.165, 1.54) is 11.0 Å². The average Bonchev–Trinajstić information content (AvgIpc) is 3.28. The van der Waals surface area contributed by atoms with Gasteiger partial charge >= 0.3 is 12.1 Å². The Kier molecular flexibility index (Phi) is 7.37. The number of halogens is 3. The lowest BCUT2D eigenvalue weighted by Crippen LogP contribution is -2.47. The van der Waals surface area contributed by atoms with Gasteiger partial charge < -0.3 is 18.9 Å².